The first-order valence-electron chi connectivity index (χ1n) is 4.93. The van der Waals surface area contributed by atoms with Gasteiger partial charge in [0.15, 0.2) is 0 Å². The average Bonchev–Trinajstić information content (AvgIpc) is 2.16. The molecule has 0 radical (unpaired) electrons. The molecule has 0 saturated carbocycles. The third kappa shape index (κ3) is 3.40. The van der Waals surface area contributed by atoms with Gasteiger partial charge in [-0.05, 0) is 17.7 Å². The average molecular weight is 313 g/mol. The molecule has 0 aliphatic carbocycles. The fourth-order valence-corrected chi connectivity index (χ4v) is 2.28. The molecule has 1 nitrogen and oxygen atoms in total. The monoisotopic (exact) mass is 311 g/mol. The molecule has 1 unspecified atom stereocenters. The molecule has 16 heavy (non-hydrogen) atoms. The van der Waals surface area contributed by atoms with Crippen molar-refractivity contribution in [3.63, 3.8) is 0 Å². The first-order chi connectivity index (χ1) is 7.07. The van der Waals surface area contributed by atoms with Crippen LogP contribution in [-0.2, 0) is 0 Å². The highest BCUT2D eigenvalue weighted by Crippen LogP contribution is 2.34. The second kappa shape index (κ2) is 5.43. The highest BCUT2D eigenvalue weighted by Gasteiger charge is 2.36. The fourth-order valence-electron chi connectivity index (χ4n) is 1.86. The van der Waals surface area contributed by atoms with Crippen LogP contribution in [0, 0.1) is 0 Å². The van der Waals surface area contributed by atoms with Gasteiger partial charge in [-0.3, -0.25) is 0 Å². The van der Waals surface area contributed by atoms with Crippen LogP contribution in [0.5, 0.6) is 0 Å². The van der Waals surface area contributed by atoms with Crippen LogP contribution in [0.3, 0.4) is 0 Å². The molecule has 1 aromatic rings. The quantitative estimate of drug-likeness (QED) is 0.828. The zero-order chi connectivity index (χ0) is 10.9. The summed E-state index contributed by atoms with van der Waals surface area (Å²) in [5, 5.41) is 3.12. The Balaban J connectivity index is 0.00000128. The van der Waals surface area contributed by atoms with E-state index in [-0.39, 0.29) is 31.3 Å². The van der Waals surface area contributed by atoms with Crippen molar-refractivity contribution in [2.24, 2.45) is 0 Å². The summed E-state index contributed by atoms with van der Waals surface area (Å²) < 4.78 is 27.3. The van der Waals surface area contributed by atoms with Gasteiger partial charge >= 0.3 is 0 Å². The van der Waals surface area contributed by atoms with Crippen molar-refractivity contribution >= 4 is 28.3 Å². The van der Waals surface area contributed by atoms with E-state index in [2.05, 4.69) is 21.2 Å². The predicted molar refractivity (Wildman–Crippen MR) is 66.3 cm³/mol. The highest BCUT2D eigenvalue weighted by molar-refractivity contribution is 9.10. The van der Waals surface area contributed by atoms with Crippen LogP contribution in [-0.4, -0.2) is 12.5 Å². The molecule has 1 atom stereocenters. The fraction of sp³-hybridized carbons (Fsp3) is 0.455. The molecule has 0 spiro atoms. The van der Waals surface area contributed by atoms with Gasteiger partial charge in [0.05, 0.1) is 0 Å². The molecule has 0 amide bonds. The lowest BCUT2D eigenvalue weighted by atomic mass is 9.95. The number of alkyl halides is 2. The van der Waals surface area contributed by atoms with Crippen molar-refractivity contribution in [3.05, 3.63) is 34.3 Å². The Labute approximate surface area is 108 Å². The van der Waals surface area contributed by atoms with Gasteiger partial charge in [0, 0.05) is 29.9 Å². The van der Waals surface area contributed by atoms with Gasteiger partial charge in [0.1, 0.15) is 0 Å². The molecule has 1 fully saturated rings. The van der Waals surface area contributed by atoms with Crippen molar-refractivity contribution in [2.45, 2.75) is 24.8 Å². The number of piperidine rings is 1. The highest BCUT2D eigenvalue weighted by atomic mass is 79.9. The molecule has 1 saturated heterocycles. The lowest BCUT2D eigenvalue weighted by molar-refractivity contribution is -0.0415. The molecule has 5 heteroatoms. The topological polar surface area (TPSA) is 12.0 Å². The molecular formula is C11H13BrClF2N. The third-order valence-corrected chi connectivity index (χ3v) is 3.13. The lowest BCUT2D eigenvalue weighted by Crippen LogP contribution is -2.38. The summed E-state index contributed by atoms with van der Waals surface area (Å²) in [6, 6.07) is 7.30. The minimum absolute atomic E-state index is 0. The third-order valence-electron chi connectivity index (χ3n) is 2.64. The molecular weight excluding hydrogens is 299 g/mol. The van der Waals surface area contributed by atoms with E-state index in [0.29, 0.717) is 6.54 Å². The Hall–Kier alpha value is -0.190. The van der Waals surface area contributed by atoms with E-state index < -0.39 is 5.92 Å². The van der Waals surface area contributed by atoms with Crippen LogP contribution in [0.2, 0.25) is 0 Å². The first-order valence-corrected chi connectivity index (χ1v) is 5.73. The molecule has 0 bridgehead atoms. The minimum atomic E-state index is -2.53. The van der Waals surface area contributed by atoms with Crippen molar-refractivity contribution in [1.82, 2.24) is 5.32 Å². The van der Waals surface area contributed by atoms with E-state index in [4.69, 9.17) is 0 Å². The van der Waals surface area contributed by atoms with Gasteiger partial charge in [0.25, 0.3) is 5.92 Å². The smallest absolute Gasteiger partial charge is 0.251 e. The standard InChI is InChI=1S/C11H12BrF2N.ClH/c12-9-3-1-2-8(6-9)10-7-11(13,14)4-5-15-10;/h1-3,6,10,15H,4-5,7H2;1H. The number of benzene rings is 1. The Morgan fingerprint density at radius 1 is 1.38 bits per heavy atom. The van der Waals surface area contributed by atoms with E-state index in [9.17, 15) is 8.78 Å². The van der Waals surface area contributed by atoms with E-state index >= 15 is 0 Å². The zero-order valence-electron chi connectivity index (χ0n) is 8.55. The first kappa shape index (κ1) is 13.9. The molecule has 0 aromatic heterocycles. The Morgan fingerprint density at radius 3 is 2.75 bits per heavy atom. The van der Waals surface area contributed by atoms with E-state index in [0.717, 1.165) is 10.0 Å². The van der Waals surface area contributed by atoms with Gasteiger partial charge in [-0.1, -0.05) is 28.1 Å². The Kier molecular flexibility index (Phi) is 4.71. The maximum atomic E-state index is 13.2. The number of rotatable bonds is 1. The number of nitrogens with one attached hydrogen (secondary N) is 1. The van der Waals surface area contributed by atoms with Crippen LogP contribution in [0.4, 0.5) is 8.78 Å². The molecule has 1 aromatic carbocycles. The van der Waals surface area contributed by atoms with Crippen LogP contribution in [0.25, 0.3) is 0 Å². The van der Waals surface area contributed by atoms with Gasteiger partial charge in [0.2, 0.25) is 0 Å². The van der Waals surface area contributed by atoms with Gasteiger partial charge in [-0.15, -0.1) is 12.4 Å². The Morgan fingerprint density at radius 2 is 2.12 bits per heavy atom. The Bertz CT molecular complexity index is 360. The van der Waals surface area contributed by atoms with Crippen LogP contribution < -0.4 is 5.32 Å². The maximum absolute atomic E-state index is 13.2. The summed E-state index contributed by atoms with van der Waals surface area (Å²) in [5.41, 5.74) is 0.920. The maximum Gasteiger partial charge on any atom is 0.251 e. The largest absolute Gasteiger partial charge is 0.310 e. The van der Waals surface area contributed by atoms with Crippen LogP contribution in [0.1, 0.15) is 24.4 Å². The van der Waals surface area contributed by atoms with Gasteiger partial charge in [-0.2, -0.15) is 0 Å². The van der Waals surface area contributed by atoms with Gasteiger partial charge < -0.3 is 5.32 Å². The number of hydrogen-bond acceptors (Lipinski definition) is 1. The SMILES string of the molecule is Cl.FC1(F)CCNC(c2cccc(Br)c2)C1. The molecule has 2 rings (SSSR count). The number of halogens is 4. The summed E-state index contributed by atoms with van der Waals surface area (Å²) in [6.07, 6.45) is -0.166. The molecule has 90 valence electrons. The van der Waals surface area contributed by atoms with Crippen molar-refractivity contribution in [2.75, 3.05) is 6.54 Å². The summed E-state index contributed by atoms with van der Waals surface area (Å²) in [5.74, 6) is -2.53. The summed E-state index contributed by atoms with van der Waals surface area (Å²) in [4.78, 5) is 0. The molecule has 1 aliphatic heterocycles. The molecule has 1 heterocycles. The van der Waals surface area contributed by atoms with E-state index in [1.54, 1.807) is 0 Å². The molecule has 1 N–H and O–H groups in total. The second-order valence-electron chi connectivity index (χ2n) is 3.87. The van der Waals surface area contributed by atoms with Crippen LogP contribution >= 0.6 is 28.3 Å². The number of hydrogen-bond donors (Lipinski definition) is 1. The van der Waals surface area contributed by atoms with E-state index in [1.807, 2.05) is 24.3 Å². The van der Waals surface area contributed by atoms with Crippen molar-refractivity contribution < 1.29 is 8.78 Å². The summed E-state index contributed by atoms with van der Waals surface area (Å²) in [7, 11) is 0. The summed E-state index contributed by atoms with van der Waals surface area (Å²) in [6.45, 7) is 0.379. The molecule has 1 aliphatic rings. The minimum Gasteiger partial charge on any atom is -0.310 e. The normalized spacial score (nSPS) is 23.6. The van der Waals surface area contributed by atoms with Gasteiger partial charge in [-0.25, -0.2) is 8.78 Å². The van der Waals surface area contributed by atoms with Crippen LogP contribution in [0.15, 0.2) is 28.7 Å². The van der Waals surface area contributed by atoms with Crippen molar-refractivity contribution in [1.29, 1.82) is 0 Å². The predicted octanol–water partition coefficient (Wildman–Crippen LogP) is 3.93. The second-order valence-corrected chi connectivity index (χ2v) is 4.79. The summed E-state index contributed by atoms with van der Waals surface area (Å²) >= 11 is 3.34. The lowest BCUT2D eigenvalue weighted by Gasteiger charge is -2.30. The van der Waals surface area contributed by atoms with E-state index in [1.165, 1.54) is 0 Å². The van der Waals surface area contributed by atoms with Crippen molar-refractivity contribution in [3.8, 4) is 0 Å². The zero-order valence-corrected chi connectivity index (χ0v) is 11.0.